The average molecular weight is 209 g/mol. The second-order valence-electron chi connectivity index (χ2n) is 2.37. The van der Waals surface area contributed by atoms with Crippen molar-refractivity contribution in [2.45, 2.75) is 6.54 Å². The van der Waals surface area contributed by atoms with Crippen LogP contribution in [-0.4, -0.2) is 28.5 Å². The number of rotatable bonds is 3. The van der Waals surface area contributed by atoms with Gasteiger partial charge in [0.15, 0.2) is 5.82 Å². The van der Waals surface area contributed by atoms with Gasteiger partial charge in [-0.1, -0.05) is 5.16 Å². The SMILES string of the molecule is N#CCNC(=O)C(=O)NCc1ncon1. The molecule has 15 heavy (non-hydrogen) atoms. The van der Waals surface area contributed by atoms with Crippen molar-refractivity contribution >= 4 is 11.8 Å². The predicted octanol–water partition coefficient (Wildman–Crippen LogP) is -1.67. The van der Waals surface area contributed by atoms with Crippen molar-refractivity contribution in [3.05, 3.63) is 12.2 Å². The Bertz CT molecular complexity index is 380. The molecule has 0 unspecified atom stereocenters. The number of amides is 2. The first-order valence-corrected chi connectivity index (χ1v) is 3.92. The summed E-state index contributed by atoms with van der Waals surface area (Å²) in [7, 11) is 0. The molecule has 1 rings (SSSR count). The Morgan fingerprint density at radius 3 is 2.80 bits per heavy atom. The van der Waals surface area contributed by atoms with E-state index in [1.165, 1.54) is 0 Å². The van der Waals surface area contributed by atoms with E-state index in [0.29, 0.717) is 0 Å². The number of hydrogen-bond donors (Lipinski definition) is 2. The van der Waals surface area contributed by atoms with Crippen molar-refractivity contribution in [2.75, 3.05) is 6.54 Å². The van der Waals surface area contributed by atoms with E-state index < -0.39 is 11.8 Å². The highest BCUT2D eigenvalue weighted by molar-refractivity contribution is 6.35. The van der Waals surface area contributed by atoms with Crippen molar-refractivity contribution < 1.29 is 14.1 Å². The van der Waals surface area contributed by atoms with E-state index in [9.17, 15) is 9.59 Å². The van der Waals surface area contributed by atoms with Crippen molar-refractivity contribution in [1.82, 2.24) is 20.8 Å². The average Bonchev–Trinajstić information content (AvgIpc) is 2.75. The zero-order valence-electron chi connectivity index (χ0n) is 7.56. The van der Waals surface area contributed by atoms with Crippen molar-refractivity contribution in [1.29, 1.82) is 5.26 Å². The van der Waals surface area contributed by atoms with Crippen LogP contribution in [0.15, 0.2) is 10.9 Å². The van der Waals surface area contributed by atoms with Crippen LogP contribution in [0.4, 0.5) is 0 Å². The lowest BCUT2D eigenvalue weighted by Crippen LogP contribution is -2.39. The summed E-state index contributed by atoms with van der Waals surface area (Å²) in [5, 5.41) is 15.9. The van der Waals surface area contributed by atoms with Gasteiger partial charge in [-0.3, -0.25) is 9.59 Å². The predicted molar refractivity (Wildman–Crippen MR) is 44.8 cm³/mol. The number of aromatic nitrogens is 2. The van der Waals surface area contributed by atoms with Crippen LogP contribution >= 0.6 is 0 Å². The van der Waals surface area contributed by atoms with E-state index >= 15 is 0 Å². The molecule has 1 aromatic heterocycles. The molecule has 78 valence electrons. The Morgan fingerprint density at radius 1 is 1.47 bits per heavy atom. The fourth-order valence-corrected chi connectivity index (χ4v) is 0.710. The van der Waals surface area contributed by atoms with E-state index in [2.05, 4.69) is 25.3 Å². The molecule has 0 saturated heterocycles. The third kappa shape index (κ3) is 3.43. The molecule has 0 aliphatic carbocycles. The number of carbonyl (C=O) groups excluding carboxylic acids is 2. The number of nitrogens with one attached hydrogen (secondary N) is 2. The second-order valence-corrected chi connectivity index (χ2v) is 2.37. The molecule has 0 aliphatic heterocycles. The topological polar surface area (TPSA) is 121 Å². The van der Waals surface area contributed by atoms with E-state index in [0.717, 1.165) is 6.39 Å². The third-order valence-corrected chi connectivity index (χ3v) is 1.35. The highest BCUT2D eigenvalue weighted by Gasteiger charge is 2.12. The van der Waals surface area contributed by atoms with E-state index in [1.807, 2.05) is 0 Å². The Labute approximate surface area is 84.3 Å². The molecule has 0 fully saturated rings. The van der Waals surface area contributed by atoms with Crippen LogP contribution in [-0.2, 0) is 16.1 Å². The Balaban J connectivity index is 2.30. The van der Waals surface area contributed by atoms with Gasteiger partial charge in [-0.25, -0.2) is 0 Å². The lowest BCUT2D eigenvalue weighted by molar-refractivity contribution is -0.139. The molecular weight excluding hydrogens is 202 g/mol. The first kappa shape index (κ1) is 10.6. The molecule has 0 aliphatic rings. The van der Waals surface area contributed by atoms with Gasteiger partial charge in [-0.2, -0.15) is 10.2 Å². The summed E-state index contributed by atoms with van der Waals surface area (Å²) in [6.45, 7) is -0.218. The summed E-state index contributed by atoms with van der Waals surface area (Å²) >= 11 is 0. The molecule has 0 aromatic carbocycles. The molecule has 0 atom stereocenters. The summed E-state index contributed by atoms with van der Waals surface area (Å²) in [6, 6.07) is 1.67. The maximum atomic E-state index is 11.0. The molecule has 1 aromatic rings. The third-order valence-electron chi connectivity index (χ3n) is 1.35. The van der Waals surface area contributed by atoms with Crippen LogP contribution in [0.5, 0.6) is 0 Å². The summed E-state index contributed by atoms with van der Waals surface area (Å²) in [4.78, 5) is 25.6. The summed E-state index contributed by atoms with van der Waals surface area (Å²) in [6.07, 6.45) is 1.11. The van der Waals surface area contributed by atoms with Crippen LogP contribution in [0.3, 0.4) is 0 Å². The van der Waals surface area contributed by atoms with Crippen molar-refractivity contribution in [3.8, 4) is 6.07 Å². The van der Waals surface area contributed by atoms with Gasteiger partial charge >= 0.3 is 11.8 Å². The summed E-state index contributed by atoms with van der Waals surface area (Å²) < 4.78 is 4.42. The smallest absolute Gasteiger partial charge is 0.310 e. The number of carbonyl (C=O) groups is 2. The highest BCUT2D eigenvalue weighted by Crippen LogP contribution is 1.86. The minimum atomic E-state index is -0.875. The first-order valence-electron chi connectivity index (χ1n) is 3.92. The van der Waals surface area contributed by atoms with Gasteiger partial charge in [0.2, 0.25) is 6.39 Å². The van der Waals surface area contributed by atoms with Crippen LogP contribution in [0.25, 0.3) is 0 Å². The molecule has 0 bridgehead atoms. The normalized spacial score (nSPS) is 9.00. The molecule has 8 nitrogen and oxygen atoms in total. The van der Waals surface area contributed by atoms with Gasteiger partial charge in [0.1, 0.15) is 6.54 Å². The zero-order valence-corrected chi connectivity index (χ0v) is 7.56. The molecule has 2 N–H and O–H groups in total. The van der Waals surface area contributed by atoms with Gasteiger partial charge < -0.3 is 15.2 Å². The maximum absolute atomic E-state index is 11.0. The second kappa shape index (κ2) is 5.33. The summed E-state index contributed by atoms with van der Waals surface area (Å²) in [5.74, 6) is -1.47. The molecule has 8 heteroatoms. The fraction of sp³-hybridized carbons (Fsp3) is 0.286. The first-order chi connectivity index (χ1) is 7.24. The number of nitriles is 1. The van der Waals surface area contributed by atoms with Crippen LogP contribution in [0, 0.1) is 11.3 Å². The van der Waals surface area contributed by atoms with E-state index in [4.69, 9.17) is 5.26 Å². The van der Waals surface area contributed by atoms with E-state index in [-0.39, 0.29) is 18.9 Å². The highest BCUT2D eigenvalue weighted by atomic mass is 16.5. The standard InChI is InChI=1S/C7H7N5O3/c8-1-2-9-6(13)7(14)10-3-5-11-4-15-12-5/h4H,2-3H2,(H,9,13)(H,10,14). The largest absolute Gasteiger partial charge is 0.343 e. The monoisotopic (exact) mass is 209 g/mol. The lowest BCUT2D eigenvalue weighted by Gasteiger charge is -2.00. The molecule has 1 heterocycles. The zero-order chi connectivity index (χ0) is 11.1. The molecule has 0 spiro atoms. The number of nitrogens with zero attached hydrogens (tertiary/aromatic N) is 3. The maximum Gasteiger partial charge on any atom is 0.310 e. The lowest BCUT2D eigenvalue weighted by atomic mass is 10.5. The van der Waals surface area contributed by atoms with Gasteiger partial charge in [-0.05, 0) is 0 Å². The van der Waals surface area contributed by atoms with Gasteiger partial charge in [0.25, 0.3) is 0 Å². The molecule has 2 amide bonds. The van der Waals surface area contributed by atoms with Crippen molar-refractivity contribution in [3.63, 3.8) is 0 Å². The van der Waals surface area contributed by atoms with E-state index in [1.54, 1.807) is 6.07 Å². The minimum Gasteiger partial charge on any atom is -0.343 e. The Morgan fingerprint density at radius 2 is 2.20 bits per heavy atom. The minimum absolute atomic E-state index is 0.00466. The summed E-state index contributed by atoms with van der Waals surface area (Å²) in [5.41, 5.74) is 0. The quantitative estimate of drug-likeness (QED) is 0.453. The van der Waals surface area contributed by atoms with Crippen LogP contribution < -0.4 is 10.6 Å². The molecular formula is C7H7N5O3. The van der Waals surface area contributed by atoms with Crippen LogP contribution in [0.1, 0.15) is 5.82 Å². The fourth-order valence-electron chi connectivity index (χ4n) is 0.710. The van der Waals surface area contributed by atoms with Gasteiger partial charge in [-0.15, -0.1) is 0 Å². The molecule has 0 saturated carbocycles. The van der Waals surface area contributed by atoms with Crippen LogP contribution in [0.2, 0.25) is 0 Å². The van der Waals surface area contributed by atoms with Crippen molar-refractivity contribution in [2.24, 2.45) is 0 Å². The molecule has 0 radical (unpaired) electrons. The number of hydrogen-bond acceptors (Lipinski definition) is 6. The van der Waals surface area contributed by atoms with Gasteiger partial charge in [0, 0.05) is 0 Å². The Hall–Kier alpha value is -2.43. The van der Waals surface area contributed by atoms with Gasteiger partial charge in [0.05, 0.1) is 12.6 Å². The Kier molecular flexibility index (Phi) is 3.79.